The SMILES string of the molecule is CCCC(=O)CC1CCCCN1. The van der Waals surface area contributed by atoms with Crippen LogP contribution in [0.25, 0.3) is 0 Å². The van der Waals surface area contributed by atoms with Crippen molar-refractivity contribution in [2.24, 2.45) is 0 Å². The van der Waals surface area contributed by atoms with Crippen molar-refractivity contribution in [3.05, 3.63) is 0 Å². The summed E-state index contributed by atoms with van der Waals surface area (Å²) in [7, 11) is 0. The van der Waals surface area contributed by atoms with Gasteiger partial charge in [0.25, 0.3) is 0 Å². The zero-order chi connectivity index (χ0) is 8.81. The quantitative estimate of drug-likeness (QED) is 0.696. The van der Waals surface area contributed by atoms with Gasteiger partial charge in [-0.1, -0.05) is 13.3 Å². The van der Waals surface area contributed by atoms with Crippen molar-refractivity contribution in [2.75, 3.05) is 6.54 Å². The fourth-order valence-corrected chi connectivity index (χ4v) is 1.75. The van der Waals surface area contributed by atoms with E-state index < -0.39 is 0 Å². The van der Waals surface area contributed by atoms with Gasteiger partial charge in [-0.3, -0.25) is 4.79 Å². The topological polar surface area (TPSA) is 29.1 Å². The van der Waals surface area contributed by atoms with E-state index in [4.69, 9.17) is 0 Å². The van der Waals surface area contributed by atoms with Crippen molar-refractivity contribution in [3.63, 3.8) is 0 Å². The van der Waals surface area contributed by atoms with Gasteiger partial charge < -0.3 is 5.32 Å². The number of hydrogen-bond acceptors (Lipinski definition) is 2. The molecule has 0 bridgehead atoms. The number of carbonyl (C=O) groups is 1. The minimum Gasteiger partial charge on any atom is -0.314 e. The molecule has 1 aliphatic rings. The van der Waals surface area contributed by atoms with Crippen molar-refractivity contribution in [2.45, 2.75) is 51.5 Å². The number of carbonyl (C=O) groups excluding carboxylic acids is 1. The molecule has 0 spiro atoms. The Morgan fingerprint density at radius 1 is 1.50 bits per heavy atom. The third-order valence-electron chi connectivity index (χ3n) is 2.42. The van der Waals surface area contributed by atoms with E-state index >= 15 is 0 Å². The van der Waals surface area contributed by atoms with Crippen LogP contribution in [0.4, 0.5) is 0 Å². The van der Waals surface area contributed by atoms with Crippen LogP contribution in [0.2, 0.25) is 0 Å². The minimum atomic E-state index is 0.428. The molecular weight excluding hydrogens is 150 g/mol. The van der Waals surface area contributed by atoms with E-state index in [0.717, 1.165) is 25.8 Å². The van der Waals surface area contributed by atoms with E-state index in [1.54, 1.807) is 0 Å². The normalized spacial score (nSPS) is 23.9. The fourth-order valence-electron chi connectivity index (χ4n) is 1.75. The molecule has 1 N–H and O–H groups in total. The maximum atomic E-state index is 11.3. The van der Waals surface area contributed by atoms with Gasteiger partial charge in [0, 0.05) is 18.9 Å². The summed E-state index contributed by atoms with van der Waals surface area (Å²) in [6, 6.07) is 0.484. The van der Waals surface area contributed by atoms with Crippen LogP contribution < -0.4 is 5.32 Å². The van der Waals surface area contributed by atoms with Crippen LogP contribution >= 0.6 is 0 Å². The molecule has 1 rings (SSSR count). The van der Waals surface area contributed by atoms with Crippen molar-refractivity contribution in [3.8, 4) is 0 Å². The molecule has 1 unspecified atom stereocenters. The Labute approximate surface area is 74.7 Å². The highest BCUT2D eigenvalue weighted by Crippen LogP contribution is 2.11. The van der Waals surface area contributed by atoms with Gasteiger partial charge in [-0.05, 0) is 25.8 Å². The Balaban J connectivity index is 2.15. The molecule has 0 aromatic carbocycles. The maximum absolute atomic E-state index is 11.3. The number of rotatable bonds is 4. The number of piperidine rings is 1. The van der Waals surface area contributed by atoms with E-state index in [0.29, 0.717) is 11.8 Å². The lowest BCUT2D eigenvalue weighted by Crippen LogP contribution is -2.35. The molecule has 1 saturated heterocycles. The Bertz CT molecular complexity index is 139. The van der Waals surface area contributed by atoms with E-state index in [1.165, 1.54) is 19.3 Å². The number of hydrogen-bond donors (Lipinski definition) is 1. The van der Waals surface area contributed by atoms with Crippen LogP contribution in [0.15, 0.2) is 0 Å². The molecule has 0 amide bonds. The Kier molecular flexibility index (Phi) is 4.30. The van der Waals surface area contributed by atoms with Crippen molar-refractivity contribution in [1.82, 2.24) is 5.32 Å². The van der Waals surface area contributed by atoms with Gasteiger partial charge in [0.2, 0.25) is 0 Å². The second kappa shape index (κ2) is 5.31. The molecule has 0 aliphatic carbocycles. The van der Waals surface area contributed by atoms with E-state index in [-0.39, 0.29) is 0 Å². The highest BCUT2D eigenvalue weighted by Gasteiger charge is 2.15. The standard InChI is InChI=1S/C10H19NO/c1-2-5-10(12)8-9-6-3-4-7-11-9/h9,11H,2-8H2,1H3. The van der Waals surface area contributed by atoms with Gasteiger partial charge in [0.1, 0.15) is 5.78 Å². The van der Waals surface area contributed by atoms with Gasteiger partial charge in [0.05, 0.1) is 0 Å². The first kappa shape index (κ1) is 9.72. The molecule has 1 fully saturated rings. The summed E-state index contributed by atoms with van der Waals surface area (Å²) in [4.78, 5) is 11.3. The molecule has 0 aromatic heterocycles. The lowest BCUT2D eigenvalue weighted by Gasteiger charge is -2.22. The Morgan fingerprint density at radius 3 is 2.92 bits per heavy atom. The molecule has 1 heterocycles. The average Bonchev–Trinajstić information content (AvgIpc) is 2.06. The average molecular weight is 169 g/mol. The molecule has 12 heavy (non-hydrogen) atoms. The molecule has 0 saturated carbocycles. The van der Waals surface area contributed by atoms with Gasteiger partial charge in [-0.15, -0.1) is 0 Å². The first-order chi connectivity index (χ1) is 5.83. The second-order valence-electron chi connectivity index (χ2n) is 3.64. The zero-order valence-corrected chi connectivity index (χ0v) is 7.94. The summed E-state index contributed by atoms with van der Waals surface area (Å²) in [5, 5.41) is 3.39. The summed E-state index contributed by atoms with van der Waals surface area (Å²) in [6.45, 7) is 3.16. The highest BCUT2D eigenvalue weighted by molar-refractivity contribution is 5.78. The summed E-state index contributed by atoms with van der Waals surface area (Å²) in [5.74, 6) is 0.428. The third-order valence-corrected chi connectivity index (χ3v) is 2.42. The van der Waals surface area contributed by atoms with Crippen LogP contribution in [-0.2, 0) is 4.79 Å². The van der Waals surface area contributed by atoms with Crippen LogP contribution in [0.1, 0.15) is 45.4 Å². The lowest BCUT2D eigenvalue weighted by molar-refractivity contribution is -0.119. The Hall–Kier alpha value is -0.370. The summed E-state index contributed by atoms with van der Waals surface area (Å²) < 4.78 is 0. The largest absolute Gasteiger partial charge is 0.314 e. The van der Waals surface area contributed by atoms with Crippen LogP contribution in [0.3, 0.4) is 0 Å². The lowest BCUT2D eigenvalue weighted by atomic mass is 9.99. The zero-order valence-electron chi connectivity index (χ0n) is 7.94. The first-order valence-corrected chi connectivity index (χ1v) is 5.08. The predicted molar refractivity (Wildman–Crippen MR) is 50.2 cm³/mol. The molecule has 70 valence electrons. The van der Waals surface area contributed by atoms with E-state index in [1.807, 2.05) is 0 Å². The molecule has 2 heteroatoms. The van der Waals surface area contributed by atoms with E-state index in [2.05, 4.69) is 12.2 Å². The molecule has 0 aromatic rings. The highest BCUT2D eigenvalue weighted by atomic mass is 16.1. The molecule has 2 nitrogen and oxygen atoms in total. The second-order valence-corrected chi connectivity index (χ2v) is 3.64. The fraction of sp³-hybridized carbons (Fsp3) is 0.900. The Morgan fingerprint density at radius 2 is 2.33 bits per heavy atom. The molecular formula is C10H19NO. The first-order valence-electron chi connectivity index (χ1n) is 5.08. The minimum absolute atomic E-state index is 0.428. The number of nitrogens with one attached hydrogen (secondary N) is 1. The third kappa shape index (κ3) is 3.35. The van der Waals surface area contributed by atoms with Gasteiger partial charge >= 0.3 is 0 Å². The van der Waals surface area contributed by atoms with Gasteiger partial charge in [-0.2, -0.15) is 0 Å². The van der Waals surface area contributed by atoms with Crippen LogP contribution in [0, 0.1) is 0 Å². The van der Waals surface area contributed by atoms with E-state index in [9.17, 15) is 4.79 Å². The van der Waals surface area contributed by atoms with Crippen molar-refractivity contribution in [1.29, 1.82) is 0 Å². The molecule has 1 atom stereocenters. The van der Waals surface area contributed by atoms with Crippen molar-refractivity contribution < 1.29 is 4.79 Å². The summed E-state index contributed by atoms with van der Waals surface area (Å²) in [6.07, 6.45) is 6.27. The van der Waals surface area contributed by atoms with Gasteiger partial charge in [0.15, 0.2) is 0 Å². The summed E-state index contributed by atoms with van der Waals surface area (Å²) >= 11 is 0. The maximum Gasteiger partial charge on any atom is 0.134 e. The monoisotopic (exact) mass is 169 g/mol. The summed E-state index contributed by atoms with van der Waals surface area (Å²) in [5.41, 5.74) is 0. The van der Waals surface area contributed by atoms with Crippen molar-refractivity contribution >= 4 is 5.78 Å². The van der Waals surface area contributed by atoms with Crippen LogP contribution in [0.5, 0.6) is 0 Å². The molecule has 1 aliphatic heterocycles. The predicted octanol–water partition coefficient (Wildman–Crippen LogP) is 1.89. The van der Waals surface area contributed by atoms with Gasteiger partial charge in [-0.25, -0.2) is 0 Å². The number of Topliss-reactive ketones (excluding diaryl/α,β-unsaturated/α-hetero) is 1. The van der Waals surface area contributed by atoms with Crippen LogP contribution in [-0.4, -0.2) is 18.4 Å². The smallest absolute Gasteiger partial charge is 0.134 e. The molecule has 0 radical (unpaired) electrons. The number of ketones is 1.